The number of carbonyl (C=O) groups is 4. The molecular weight excluding hydrogens is 656 g/mol. The van der Waals surface area contributed by atoms with Crippen LogP contribution in [0, 0.1) is 50.2 Å². The molecule has 4 unspecified atom stereocenters. The van der Waals surface area contributed by atoms with Gasteiger partial charge < -0.3 is 9.57 Å². The van der Waals surface area contributed by atoms with Crippen LogP contribution in [0.25, 0.3) is 0 Å². The molecule has 0 aromatic rings. The predicted octanol–water partition coefficient (Wildman–Crippen LogP) is 7.56. The number of imide groups is 1. The normalized spacial score (nSPS) is 50.1. The third-order valence-electron chi connectivity index (χ3n) is 15.2. The van der Waals surface area contributed by atoms with Gasteiger partial charge in [0.15, 0.2) is 0 Å². The van der Waals surface area contributed by atoms with Crippen molar-refractivity contribution >= 4 is 56.5 Å². The first kappa shape index (κ1) is 32.1. The van der Waals surface area contributed by atoms with Crippen molar-refractivity contribution in [3.8, 4) is 0 Å². The van der Waals surface area contributed by atoms with Crippen molar-refractivity contribution in [2.75, 3.05) is 0 Å². The van der Waals surface area contributed by atoms with E-state index in [1.807, 2.05) is 0 Å². The van der Waals surface area contributed by atoms with Crippen LogP contribution in [-0.2, 0) is 24.0 Å². The van der Waals surface area contributed by atoms with Gasteiger partial charge in [0.05, 0.1) is 22.4 Å². The highest BCUT2D eigenvalue weighted by atomic mass is 79.9. The molecule has 248 valence electrons. The number of hydrogen-bond acceptors (Lipinski definition) is 8. The lowest BCUT2D eigenvalue weighted by atomic mass is 9.31. The Labute approximate surface area is 279 Å². The van der Waals surface area contributed by atoms with Crippen LogP contribution >= 0.6 is 27.7 Å². The van der Waals surface area contributed by atoms with E-state index in [0.717, 1.165) is 81.7 Å². The highest BCUT2D eigenvalue weighted by Crippen LogP contribution is 2.81. The number of amides is 2. The van der Waals surface area contributed by atoms with Crippen LogP contribution < -0.4 is 5.32 Å². The van der Waals surface area contributed by atoms with Gasteiger partial charge in [0.25, 0.3) is 5.24 Å². The number of nitrogens with one attached hydrogen (secondary N) is 1. The molecule has 2 aliphatic heterocycles. The molecule has 1 spiro atoms. The summed E-state index contributed by atoms with van der Waals surface area (Å²) in [4.78, 5) is 55.5. The van der Waals surface area contributed by atoms with E-state index in [1.165, 1.54) is 0 Å². The predicted molar refractivity (Wildman–Crippen MR) is 176 cm³/mol. The smallest absolute Gasteiger partial charge is 0.336 e. The number of thioether (sulfide) groups is 1. The minimum atomic E-state index is -0.763. The third-order valence-corrected chi connectivity index (χ3v) is 17.2. The Morgan fingerprint density at radius 1 is 0.978 bits per heavy atom. The molecule has 0 aromatic heterocycles. The molecule has 2 saturated heterocycles. The van der Waals surface area contributed by atoms with E-state index in [1.54, 1.807) is 0 Å². The highest BCUT2D eigenvalue weighted by molar-refractivity contribution is 9.09. The van der Waals surface area contributed by atoms with E-state index in [0.29, 0.717) is 11.8 Å². The Morgan fingerprint density at radius 2 is 1.69 bits per heavy atom. The van der Waals surface area contributed by atoms with Gasteiger partial charge in [-0.2, -0.15) is 0 Å². The van der Waals surface area contributed by atoms with Crippen molar-refractivity contribution in [3.05, 3.63) is 0 Å². The second kappa shape index (κ2) is 9.82. The standard InChI is InChI=1S/C35H49BrN2O6S/c1-29(2)12-14-34-15-13-33(7)32(6)11-8-20-30(3,4)24(38-44-25(39)16-19-26(40)37-28(42)45-19)9-10-31(20,5)21(32)17-23(36)35(33,22(34)18-29)43-27(34)41/h19-23H,8-18H2,1-7H3,(H,37,40,42)/b38-24+/t19?,20?,21?,22?,23-,31-,32+,33-,34-,35+/m0/s1. The summed E-state index contributed by atoms with van der Waals surface area (Å²) in [5, 5.41) is 5.45. The summed E-state index contributed by atoms with van der Waals surface area (Å²) in [6.07, 6.45) is 9.64. The maximum absolute atomic E-state index is 13.9. The maximum Gasteiger partial charge on any atom is 0.336 e. The molecule has 8 nitrogen and oxygen atoms in total. The number of oxime groups is 1. The van der Waals surface area contributed by atoms with Crippen molar-refractivity contribution in [2.24, 2.45) is 55.4 Å². The highest BCUT2D eigenvalue weighted by Gasteiger charge is 2.83. The van der Waals surface area contributed by atoms with Crippen LogP contribution in [0.5, 0.6) is 0 Å². The second-order valence-corrected chi connectivity index (χ2v) is 20.0. The van der Waals surface area contributed by atoms with Gasteiger partial charge in [-0.05, 0) is 92.3 Å². The van der Waals surface area contributed by atoms with Crippen LogP contribution in [0.15, 0.2) is 5.16 Å². The van der Waals surface area contributed by atoms with E-state index in [-0.39, 0.29) is 55.6 Å². The lowest BCUT2D eigenvalue weighted by Gasteiger charge is -2.74. The van der Waals surface area contributed by atoms with Crippen LogP contribution in [0.4, 0.5) is 4.79 Å². The Kier molecular flexibility index (Phi) is 7.01. The topological polar surface area (TPSA) is 111 Å². The minimum Gasteiger partial charge on any atom is -0.457 e. The van der Waals surface area contributed by atoms with E-state index in [4.69, 9.17) is 9.57 Å². The van der Waals surface area contributed by atoms with E-state index in [9.17, 15) is 19.2 Å². The van der Waals surface area contributed by atoms with Gasteiger partial charge in [-0.15, -0.1) is 0 Å². The molecule has 1 N–H and O–H groups in total. The van der Waals surface area contributed by atoms with E-state index < -0.39 is 28.0 Å². The van der Waals surface area contributed by atoms with Crippen LogP contribution in [-0.4, -0.2) is 44.5 Å². The number of ether oxygens (including phenoxy) is 1. The molecule has 0 radical (unpaired) electrons. The number of halogens is 1. The molecule has 7 rings (SSSR count). The first-order valence-electron chi connectivity index (χ1n) is 17.0. The SMILES string of the molecule is CC1(C)CC[C@@]23CC[C@]4(C)[C@@](OC2=O)(C3C1)[C@@H](Br)CC1[C@@]2(C)CC/C(=N\OC(=O)CC3SC(=O)NC3=O)C(C)(C)C2CC[C@]14C. The number of rotatable bonds is 3. The molecule has 45 heavy (non-hydrogen) atoms. The average Bonchev–Trinajstić information content (AvgIpc) is 3.35. The fraction of sp³-hybridized carbons (Fsp3) is 0.857. The largest absolute Gasteiger partial charge is 0.457 e. The number of alkyl halides is 1. The Balaban J connectivity index is 1.17. The molecule has 2 amide bonds. The number of carbonyl (C=O) groups excluding carboxylic acids is 4. The third kappa shape index (κ3) is 4.05. The summed E-state index contributed by atoms with van der Waals surface area (Å²) in [7, 11) is 0. The van der Waals surface area contributed by atoms with Gasteiger partial charge in [-0.25, -0.2) is 4.79 Å². The zero-order valence-electron chi connectivity index (χ0n) is 27.8. The molecule has 7 aliphatic rings. The summed E-state index contributed by atoms with van der Waals surface area (Å²) in [5.41, 5.74) is -0.0848. The van der Waals surface area contributed by atoms with Crippen LogP contribution in [0.1, 0.15) is 119 Å². The molecule has 2 bridgehead atoms. The van der Waals surface area contributed by atoms with Crippen LogP contribution in [0.3, 0.4) is 0 Å². The first-order chi connectivity index (χ1) is 20.9. The summed E-state index contributed by atoms with van der Waals surface area (Å²) in [5.74, 6) is 0.0590. The van der Waals surface area contributed by atoms with Crippen molar-refractivity contribution in [2.45, 2.75) is 135 Å². The Morgan fingerprint density at radius 3 is 2.38 bits per heavy atom. The van der Waals surface area contributed by atoms with Crippen LogP contribution in [0.2, 0.25) is 0 Å². The minimum absolute atomic E-state index is 0.00897. The maximum atomic E-state index is 13.9. The van der Waals surface area contributed by atoms with Gasteiger partial charge in [-0.1, -0.05) is 81.3 Å². The summed E-state index contributed by atoms with van der Waals surface area (Å²) >= 11 is 5.10. The average molecular weight is 706 g/mol. The zero-order chi connectivity index (χ0) is 32.6. The fourth-order valence-electron chi connectivity index (χ4n) is 12.6. The van der Waals surface area contributed by atoms with Crippen molar-refractivity contribution in [3.63, 3.8) is 0 Å². The Bertz CT molecular complexity index is 1410. The van der Waals surface area contributed by atoms with E-state index in [2.05, 4.69) is 74.9 Å². The van der Waals surface area contributed by atoms with Crippen molar-refractivity contribution < 1.29 is 28.8 Å². The number of fused-ring (bicyclic) bond motifs is 4. The molecule has 10 atom stereocenters. The molecule has 7 fully saturated rings. The number of nitrogens with zero attached hydrogens (tertiary/aromatic N) is 1. The summed E-state index contributed by atoms with van der Waals surface area (Å²) < 4.78 is 6.88. The summed E-state index contributed by atoms with van der Waals surface area (Å²) in [6.45, 7) is 16.8. The van der Waals surface area contributed by atoms with Crippen molar-refractivity contribution in [1.29, 1.82) is 0 Å². The number of esters is 1. The van der Waals surface area contributed by atoms with Gasteiger partial charge in [0, 0.05) is 16.7 Å². The molecular formula is C35H49BrN2O6S. The molecule has 5 aliphatic carbocycles. The van der Waals surface area contributed by atoms with E-state index >= 15 is 0 Å². The molecule has 2 heterocycles. The van der Waals surface area contributed by atoms with Gasteiger partial charge in [-0.3, -0.25) is 19.7 Å². The lowest BCUT2D eigenvalue weighted by Crippen LogP contribution is -2.75. The quantitative estimate of drug-likeness (QED) is 0.140. The Hall–Kier alpha value is -1.42. The lowest BCUT2D eigenvalue weighted by molar-refractivity contribution is -0.272. The van der Waals surface area contributed by atoms with Gasteiger partial charge >= 0.3 is 11.9 Å². The monoisotopic (exact) mass is 704 g/mol. The fourth-order valence-corrected chi connectivity index (χ4v) is 14.7. The molecule has 10 heteroatoms. The zero-order valence-corrected chi connectivity index (χ0v) is 30.3. The molecule has 5 saturated carbocycles. The molecule has 0 aromatic carbocycles. The van der Waals surface area contributed by atoms with Crippen molar-refractivity contribution in [1.82, 2.24) is 5.32 Å². The van der Waals surface area contributed by atoms with Gasteiger partial charge in [0.2, 0.25) is 5.91 Å². The number of hydrogen-bond donors (Lipinski definition) is 1. The first-order valence-corrected chi connectivity index (χ1v) is 18.8. The second-order valence-electron chi connectivity index (χ2n) is 17.7. The van der Waals surface area contributed by atoms with Gasteiger partial charge in [0.1, 0.15) is 10.9 Å². The summed E-state index contributed by atoms with van der Waals surface area (Å²) in [6, 6.07) is 0.